The molecule has 14 heavy (non-hydrogen) atoms. The number of ether oxygens (including phenoxy) is 1. The third-order valence-electron chi connectivity index (χ3n) is 1.45. The van der Waals surface area contributed by atoms with Crippen LogP contribution in [-0.4, -0.2) is 19.5 Å². The largest absolute Gasteiger partial charge is 0.464 e. The molecule has 0 atom stereocenters. The molecule has 0 bridgehead atoms. The summed E-state index contributed by atoms with van der Waals surface area (Å²) in [6.45, 7) is 4.02. The molecule has 0 radical (unpaired) electrons. The van der Waals surface area contributed by atoms with E-state index in [2.05, 4.69) is 26.0 Å². The Bertz CT molecular complexity index is 248. The molecule has 0 aliphatic heterocycles. The Labute approximate surface area is 91.8 Å². The number of rotatable bonds is 5. The third-order valence-corrected chi connectivity index (χ3v) is 2.17. The molecular weight excluding hydrogens is 250 g/mol. The maximum Gasteiger partial charge on any atom is 0.355 e. The Morgan fingerprint density at radius 1 is 1.57 bits per heavy atom. The zero-order valence-electron chi connectivity index (χ0n) is 8.46. The van der Waals surface area contributed by atoms with E-state index in [0.717, 1.165) is 0 Å². The van der Waals surface area contributed by atoms with Crippen molar-refractivity contribution in [3.63, 3.8) is 0 Å². The van der Waals surface area contributed by atoms with Gasteiger partial charge in [-0.25, -0.2) is 4.79 Å². The number of esters is 1. The van der Waals surface area contributed by atoms with E-state index in [1.807, 2.05) is 13.8 Å². The first kappa shape index (κ1) is 13.2. The van der Waals surface area contributed by atoms with E-state index in [1.54, 1.807) is 0 Å². The zero-order valence-corrected chi connectivity index (χ0v) is 10.1. The quantitative estimate of drug-likeness (QED) is 0.465. The van der Waals surface area contributed by atoms with Crippen LogP contribution in [0.1, 0.15) is 20.3 Å². The number of amides is 1. The molecule has 0 saturated heterocycles. The van der Waals surface area contributed by atoms with Crippen molar-refractivity contribution in [3.8, 4) is 0 Å². The summed E-state index contributed by atoms with van der Waals surface area (Å²) in [4.78, 5) is 21.4. The van der Waals surface area contributed by atoms with Crippen molar-refractivity contribution < 1.29 is 14.3 Å². The van der Waals surface area contributed by atoms with E-state index in [0.29, 0.717) is 23.2 Å². The van der Waals surface area contributed by atoms with Gasteiger partial charge in [0.15, 0.2) is 0 Å². The number of carbonyl (C=O) groups is 2. The van der Waals surface area contributed by atoms with Crippen molar-refractivity contribution in [2.75, 3.05) is 7.11 Å². The highest BCUT2D eigenvalue weighted by Crippen LogP contribution is 2.20. The summed E-state index contributed by atoms with van der Waals surface area (Å²) in [5.74, 6) is -0.165. The lowest BCUT2D eigenvalue weighted by molar-refractivity contribution is -0.137. The van der Waals surface area contributed by atoms with Gasteiger partial charge in [-0.1, -0.05) is 29.8 Å². The van der Waals surface area contributed by atoms with Crippen molar-refractivity contribution in [2.45, 2.75) is 20.3 Å². The van der Waals surface area contributed by atoms with Crippen LogP contribution < -0.4 is 5.32 Å². The van der Waals surface area contributed by atoms with Gasteiger partial charge in [-0.3, -0.25) is 4.79 Å². The van der Waals surface area contributed by atoms with Gasteiger partial charge in [-0.15, -0.1) is 0 Å². The number of carbonyl (C=O) groups excluding carboxylic acids is 2. The van der Waals surface area contributed by atoms with Crippen LogP contribution in [-0.2, 0) is 14.3 Å². The Balaban J connectivity index is 4.74. The first-order valence-electron chi connectivity index (χ1n) is 4.20. The Kier molecular flexibility index (Phi) is 6.19. The molecule has 0 saturated carbocycles. The van der Waals surface area contributed by atoms with Crippen LogP contribution in [0.25, 0.3) is 0 Å². The summed E-state index contributed by atoms with van der Waals surface area (Å²) in [5.41, 5.74) is 0.163. The van der Waals surface area contributed by atoms with Crippen LogP contribution in [0.15, 0.2) is 10.2 Å². The number of nitrogens with one attached hydrogen (secondary N) is 1. The average Bonchev–Trinajstić information content (AvgIpc) is 2.11. The topological polar surface area (TPSA) is 55.4 Å². The summed E-state index contributed by atoms with van der Waals surface area (Å²) < 4.78 is 5.16. The monoisotopic (exact) mass is 263 g/mol. The standard InChI is InChI=1S/C9H14BrNO3/c1-6(2)4-7(10)8(11-5-12)9(13)14-3/h5-6H,4H2,1-3H3,(H,11,12)/b8-7+. The molecule has 0 rings (SSSR count). The fourth-order valence-electron chi connectivity index (χ4n) is 0.869. The summed E-state index contributed by atoms with van der Waals surface area (Å²) >= 11 is 3.24. The molecule has 0 aromatic heterocycles. The molecule has 0 aromatic carbocycles. The normalized spacial score (nSPS) is 12.1. The highest BCUT2D eigenvalue weighted by atomic mass is 79.9. The van der Waals surface area contributed by atoms with Gasteiger partial charge in [0.1, 0.15) is 5.70 Å². The second-order valence-electron chi connectivity index (χ2n) is 3.13. The Morgan fingerprint density at radius 3 is 2.50 bits per heavy atom. The molecule has 0 spiro atoms. The summed E-state index contributed by atoms with van der Waals surface area (Å²) in [6.07, 6.45) is 1.12. The molecule has 80 valence electrons. The zero-order chi connectivity index (χ0) is 11.1. The van der Waals surface area contributed by atoms with Crippen LogP contribution in [0.4, 0.5) is 0 Å². The van der Waals surface area contributed by atoms with Crippen molar-refractivity contribution in [3.05, 3.63) is 10.2 Å². The van der Waals surface area contributed by atoms with Crippen LogP contribution in [0.3, 0.4) is 0 Å². The fourth-order valence-corrected chi connectivity index (χ4v) is 1.79. The van der Waals surface area contributed by atoms with E-state index < -0.39 is 5.97 Å². The predicted molar refractivity (Wildman–Crippen MR) is 56.6 cm³/mol. The fraction of sp³-hybridized carbons (Fsp3) is 0.556. The van der Waals surface area contributed by atoms with Gasteiger partial charge in [0.25, 0.3) is 0 Å². The molecule has 0 fully saturated rings. The molecule has 1 amide bonds. The van der Waals surface area contributed by atoms with Gasteiger partial charge in [0.2, 0.25) is 6.41 Å². The molecular formula is C9H14BrNO3. The SMILES string of the molecule is COC(=O)/C(NC=O)=C(\Br)CC(C)C. The van der Waals surface area contributed by atoms with Gasteiger partial charge in [-0.05, 0) is 12.3 Å². The number of allylic oxidation sites excluding steroid dienone is 1. The first-order chi connectivity index (χ1) is 6.52. The van der Waals surface area contributed by atoms with Gasteiger partial charge in [-0.2, -0.15) is 0 Å². The molecule has 0 aliphatic carbocycles. The maximum atomic E-state index is 11.2. The van der Waals surface area contributed by atoms with Gasteiger partial charge >= 0.3 is 5.97 Å². The van der Waals surface area contributed by atoms with Crippen LogP contribution in [0, 0.1) is 5.92 Å². The summed E-state index contributed by atoms with van der Waals surface area (Å²) in [7, 11) is 1.27. The van der Waals surface area contributed by atoms with Gasteiger partial charge in [0, 0.05) is 4.48 Å². The van der Waals surface area contributed by atoms with E-state index in [-0.39, 0.29) is 5.70 Å². The molecule has 0 heterocycles. The number of methoxy groups -OCH3 is 1. The molecule has 4 nitrogen and oxygen atoms in total. The number of halogens is 1. The molecule has 0 aliphatic rings. The minimum Gasteiger partial charge on any atom is -0.464 e. The highest BCUT2D eigenvalue weighted by Gasteiger charge is 2.14. The van der Waals surface area contributed by atoms with Gasteiger partial charge in [0.05, 0.1) is 7.11 Å². The second kappa shape index (κ2) is 6.59. The van der Waals surface area contributed by atoms with E-state index in [4.69, 9.17) is 0 Å². The van der Waals surface area contributed by atoms with Crippen molar-refractivity contribution >= 4 is 28.3 Å². The second-order valence-corrected chi connectivity index (χ2v) is 4.09. The minimum atomic E-state index is -0.551. The average molecular weight is 264 g/mol. The number of hydrogen-bond acceptors (Lipinski definition) is 3. The molecule has 1 N–H and O–H groups in total. The van der Waals surface area contributed by atoms with Crippen LogP contribution in [0.5, 0.6) is 0 Å². The minimum absolute atomic E-state index is 0.163. The summed E-state index contributed by atoms with van der Waals surface area (Å²) in [6, 6.07) is 0. The first-order valence-corrected chi connectivity index (χ1v) is 4.99. The van der Waals surface area contributed by atoms with Gasteiger partial charge < -0.3 is 10.1 Å². The Hall–Kier alpha value is -0.840. The van der Waals surface area contributed by atoms with Crippen LogP contribution in [0.2, 0.25) is 0 Å². The van der Waals surface area contributed by atoms with Crippen molar-refractivity contribution in [2.24, 2.45) is 5.92 Å². The van der Waals surface area contributed by atoms with Crippen molar-refractivity contribution in [1.82, 2.24) is 5.32 Å². The molecule has 0 unspecified atom stereocenters. The third kappa shape index (κ3) is 4.41. The van der Waals surface area contributed by atoms with E-state index >= 15 is 0 Å². The lowest BCUT2D eigenvalue weighted by atomic mass is 10.1. The van der Waals surface area contributed by atoms with Crippen LogP contribution >= 0.6 is 15.9 Å². The maximum absolute atomic E-state index is 11.2. The lowest BCUT2D eigenvalue weighted by Gasteiger charge is -2.09. The van der Waals surface area contributed by atoms with Crippen molar-refractivity contribution in [1.29, 1.82) is 0 Å². The van der Waals surface area contributed by atoms with E-state index in [9.17, 15) is 9.59 Å². The predicted octanol–water partition coefficient (Wildman–Crippen LogP) is 1.56. The summed E-state index contributed by atoms with van der Waals surface area (Å²) in [5, 5.41) is 2.32. The lowest BCUT2D eigenvalue weighted by Crippen LogP contribution is -2.21. The Morgan fingerprint density at radius 2 is 2.14 bits per heavy atom. The molecule has 5 heteroatoms. The smallest absolute Gasteiger partial charge is 0.355 e. The molecule has 0 aromatic rings. The van der Waals surface area contributed by atoms with E-state index in [1.165, 1.54) is 7.11 Å². The highest BCUT2D eigenvalue weighted by molar-refractivity contribution is 9.11. The number of hydrogen-bond donors (Lipinski definition) is 1.